The number of carbonyl (C=O) groups is 1. The lowest BCUT2D eigenvalue weighted by atomic mass is 9.89. The van der Waals surface area contributed by atoms with Crippen LogP contribution in [0.5, 0.6) is 0 Å². The highest BCUT2D eigenvalue weighted by molar-refractivity contribution is 7.89. The Hall–Kier alpha value is -2.63. The van der Waals surface area contributed by atoms with E-state index in [9.17, 15) is 13.2 Å². The fraction of sp³-hybridized carbons (Fsp3) is 0.484. The molecule has 0 bridgehead atoms. The Labute approximate surface area is 247 Å². The maximum atomic E-state index is 13.9. The van der Waals surface area contributed by atoms with Gasteiger partial charge in [-0.1, -0.05) is 61.4 Å². The molecule has 1 aromatic heterocycles. The number of thiazole rings is 1. The van der Waals surface area contributed by atoms with Gasteiger partial charge >= 0.3 is 0 Å². The van der Waals surface area contributed by atoms with Crippen LogP contribution >= 0.6 is 11.3 Å². The van der Waals surface area contributed by atoms with Gasteiger partial charge in [0.25, 0.3) is 0 Å². The van der Waals surface area contributed by atoms with Crippen LogP contribution < -0.4 is 5.32 Å². The van der Waals surface area contributed by atoms with Crippen LogP contribution in [0.1, 0.15) is 44.2 Å². The third kappa shape index (κ3) is 7.06. The van der Waals surface area contributed by atoms with Gasteiger partial charge in [0.1, 0.15) is 0 Å². The number of benzene rings is 2. The van der Waals surface area contributed by atoms with Crippen molar-refractivity contribution in [2.24, 2.45) is 5.92 Å². The van der Waals surface area contributed by atoms with Crippen molar-refractivity contribution >= 4 is 32.4 Å². The number of amides is 1. The number of piperidine rings is 1. The van der Waals surface area contributed by atoms with E-state index in [-0.39, 0.29) is 25.0 Å². The lowest BCUT2D eigenvalue weighted by Crippen LogP contribution is -2.64. The maximum absolute atomic E-state index is 13.9. The number of sulfonamides is 1. The first-order valence-electron chi connectivity index (χ1n) is 14.3. The van der Waals surface area contributed by atoms with Gasteiger partial charge in [0.15, 0.2) is 5.13 Å². The summed E-state index contributed by atoms with van der Waals surface area (Å²) in [6.45, 7) is 10.3. The van der Waals surface area contributed by atoms with Gasteiger partial charge in [-0.05, 0) is 57.7 Å². The third-order valence-electron chi connectivity index (χ3n) is 7.89. The summed E-state index contributed by atoms with van der Waals surface area (Å²) in [5, 5.41) is 5.46. The van der Waals surface area contributed by atoms with Gasteiger partial charge in [0.2, 0.25) is 15.9 Å². The fourth-order valence-electron chi connectivity index (χ4n) is 5.79. The van der Waals surface area contributed by atoms with E-state index in [1.54, 1.807) is 16.4 Å². The van der Waals surface area contributed by atoms with E-state index in [1.165, 1.54) is 16.9 Å². The summed E-state index contributed by atoms with van der Waals surface area (Å²) in [4.78, 5) is 20.0. The number of morpholine rings is 1. The summed E-state index contributed by atoms with van der Waals surface area (Å²) in [6.07, 6.45) is 2.31. The molecular formula is C31H40N4O4S2. The molecule has 0 aliphatic carbocycles. The molecule has 3 heterocycles. The summed E-state index contributed by atoms with van der Waals surface area (Å²) in [5.41, 5.74) is 3.41. The number of ether oxygens (including phenoxy) is 1. The second-order valence-electron chi connectivity index (χ2n) is 11.9. The summed E-state index contributed by atoms with van der Waals surface area (Å²) >= 11 is 1.41. The molecule has 5 rings (SSSR count). The van der Waals surface area contributed by atoms with Crippen LogP contribution in [0, 0.1) is 19.8 Å². The Morgan fingerprint density at radius 2 is 1.78 bits per heavy atom. The lowest BCUT2D eigenvalue weighted by Gasteiger charge is -2.50. The van der Waals surface area contributed by atoms with Crippen molar-refractivity contribution in [1.29, 1.82) is 0 Å². The quantitative estimate of drug-likeness (QED) is 0.378. The van der Waals surface area contributed by atoms with E-state index in [0.717, 1.165) is 42.6 Å². The first kappa shape index (κ1) is 29.8. The Morgan fingerprint density at radius 1 is 1.10 bits per heavy atom. The van der Waals surface area contributed by atoms with E-state index in [4.69, 9.17) is 4.74 Å². The highest BCUT2D eigenvalue weighted by Crippen LogP contribution is 2.35. The van der Waals surface area contributed by atoms with Gasteiger partial charge in [-0.3, -0.25) is 9.69 Å². The number of carbonyl (C=O) groups excluding carboxylic acids is 1. The molecule has 2 aromatic carbocycles. The predicted molar refractivity (Wildman–Crippen MR) is 164 cm³/mol. The molecule has 2 aliphatic rings. The Kier molecular flexibility index (Phi) is 8.96. The minimum Gasteiger partial charge on any atom is -0.371 e. The summed E-state index contributed by atoms with van der Waals surface area (Å²) in [7, 11) is -3.70. The molecular weight excluding hydrogens is 556 g/mol. The molecule has 1 N–H and O–H groups in total. The van der Waals surface area contributed by atoms with Crippen LogP contribution in [0.25, 0.3) is 11.3 Å². The summed E-state index contributed by atoms with van der Waals surface area (Å²) in [6, 6.07) is 15.0. The SMILES string of the molecule is Cc1ccc(-c2csc(NC(=O)CN3CCCC4(C3)CN(S(=O)(=O)c3ccc(C)cc3)[C@@H](CC(C)C)CO4)n2)cc1. The zero-order chi connectivity index (χ0) is 29.2. The molecule has 220 valence electrons. The Bertz CT molecular complexity index is 1450. The van der Waals surface area contributed by atoms with Gasteiger partial charge < -0.3 is 10.1 Å². The average molecular weight is 597 g/mol. The van der Waals surface area contributed by atoms with Gasteiger partial charge in [0.05, 0.1) is 29.3 Å². The number of rotatable bonds is 8. The van der Waals surface area contributed by atoms with Crippen molar-refractivity contribution in [3.8, 4) is 11.3 Å². The monoisotopic (exact) mass is 596 g/mol. The first-order valence-corrected chi connectivity index (χ1v) is 16.6. The van der Waals surface area contributed by atoms with Crippen molar-refractivity contribution in [2.45, 2.75) is 63.5 Å². The second kappa shape index (κ2) is 12.3. The summed E-state index contributed by atoms with van der Waals surface area (Å²) in [5.74, 6) is 0.196. The topological polar surface area (TPSA) is 91.8 Å². The Balaban J connectivity index is 1.26. The van der Waals surface area contributed by atoms with Crippen molar-refractivity contribution in [3.05, 3.63) is 65.0 Å². The maximum Gasteiger partial charge on any atom is 0.243 e. The molecule has 0 saturated carbocycles. The highest BCUT2D eigenvalue weighted by Gasteiger charge is 2.47. The van der Waals surface area contributed by atoms with Crippen molar-refractivity contribution < 1.29 is 17.9 Å². The van der Waals surface area contributed by atoms with Crippen molar-refractivity contribution in [1.82, 2.24) is 14.2 Å². The van der Waals surface area contributed by atoms with Crippen LogP contribution in [0.4, 0.5) is 5.13 Å². The molecule has 10 heteroatoms. The first-order chi connectivity index (χ1) is 19.5. The lowest BCUT2D eigenvalue weighted by molar-refractivity contribution is -0.146. The molecule has 8 nitrogen and oxygen atoms in total. The molecule has 1 spiro atoms. The number of nitrogens with zero attached hydrogens (tertiary/aromatic N) is 3. The van der Waals surface area contributed by atoms with Crippen molar-refractivity contribution in [2.75, 3.05) is 38.1 Å². The molecule has 41 heavy (non-hydrogen) atoms. The fourth-order valence-corrected chi connectivity index (χ4v) is 8.23. The van der Waals surface area contributed by atoms with E-state index >= 15 is 0 Å². The van der Waals surface area contributed by atoms with Crippen molar-refractivity contribution in [3.63, 3.8) is 0 Å². The highest BCUT2D eigenvalue weighted by atomic mass is 32.2. The minimum atomic E-state index is -3.70. The van der Waals surface area contributed by atoms with Gasteiger partial charge in [-0.2, -0.15) is 4.31 Å². The molecule has 1 unspecified atom stereocenters. The molecule has 0 radical (unpaired) electrons. The second-order valence-corrected chi connectivity index (χ2v) is 14.7. The molecule has 1 amide bonds. The van der Waals surface area contributed by atoms with E-state index in [0.29, 0.717) is 29.1 Å². The van der Waals surface area contributed by atoms with Gasteiger partial charge in [0, 0.05) is 30.1 Å². The normalized spacial score (nSPS) is 22.3. The zero-order valence-electron chi connectivity index (χ0n) is 24.3. The number of anilines is 1. The number of aromatic nitrogens is 1. The molecule has 2 aliphatic heterocycles. The van der Waals surface area contributed by atoms with Crippen LogP contribution in [0.2, 0.25) is 0 Å². The smallest absolute Gasteiger partial charge is 0.243 e. The molecule has 2 fully saturated rings. The minimum absolute atomic E-state index is 0.135. The molecule has 2 saturated heterocycles. The van der Waals surface area contributed by atoms with E-state index in [1.807, 2.05) is 55.6 Å². The zero-order valence-corrected chi connectivity index (χ0v) is 25.9. The van der Waals surface area contributed by atoms with E-state index < -0.39 is 15.6 Å². The van der Waals surface area contributed by atoms with Gasteiger partial charge in [-0.15, -0.1) is 11.3 Å². The summed E-state index contributed by atoms with van der Waals surface area (Å²) < 4.78 is 35.9. The number of nitrogens with one attached hydrogen (secondary N) is 1. The van der Waals surface area contributed by atoms with Crippen LogP contribution in [-0.2, 0) is 19.6 Å². The standard InChI is InChI=1S/C31H40N4O4S2/c1-22(2)16-26-18-39-31(21-35(26)41(37,38)27-12-8-24(4)9-13-27)14-5-15-34(20-31)17-29(36)33-30-32-28(19-40-30)25-10-6-23(3)7-11-25/h6-13,19,22,26H,5,14-18,20-21H2,1-4H3,(H,32,33,36)/t26-,31?/m0/s1. The number of aryl methyl sites for hydroxylation is 2. The van der Waals surface area contributed by atoms with Gasteiger partial charge in [-0.25, -0.2) is 13.4 Å². The van der Waals surface area contributed by atoms with E-state index in [2.05, 4.69) is 29.0 Å². The van der Waals surface area contributed by atoms with Crippen LogP contribution in [0.3, 0.4) is 0 Å². The van der Waals surface area contributed by atoms with Crippen LogP contribution in [0.15, 0.2) is 58.8 Å². The molecule has 2 atom stereocenters. The molecule has 3 aromatic rings. The third-order valence-corrected chi connectivity index (χ3v) is 10.6. The Morgan fingerprint density at radius 3 is 2.46 bits per heavy atom. The largest absolute Gasteiger partial charge is 0.371 e. The average Bonchev–Trinajstić information content (AvgIpc) is 3.38. The number of likely N-dealkylation sites (tertiary alicyclic amines) is 1. The number of hydrogen-bond donors (Lipinski definition) is 1. The van der Waals surface area contributed by atoms with Crippen LogP contribution in [-0.4, -0.2) is 72.9 Å². The predicted octanol–water partition coefficient (Wildman–Crippen LogP) is 5.34. The number of hydrogen-bond acceptors (Lipinski definition) is 7.